The molecule has 1 fully saturated rings. The number of piperidine rings is 1. The van der Waals surface area contributed by atoms with E-state index in [9.17, 15) is 5.11 Å². The Morgan fingerprint density at radius 3 is 3.12 bits per heavy atom. The number of benzene rings is 2. The number of hydrogen-bond acceptors (Lipinski definition) is 4. The van der Waals surface area contributed by atoms with Crippen molar-refractivity contribution in [3.8, 4) is 5.75 Å². The lowest BCUT2D eigenvalue weighted by atomic mass is 10.0. The van der Waals surface area contributed by atoms with E-state index < -0.39 is 0 Å². The Morgan fingerprint density at radius 2 is 2.21 bits per heavy atom. The van der Waals surface area contributed by atoms with Crippen LogP contribution in [0.4, 0.5) is 5.69 Å². The number of nitrogens with zero attached hydrogens (tertiary/aromatic N) is 2. The van der Waals surface area contributed by atoms with Crippen LogP contribution in [0.1, 0.15) is 18.4 Å². The van der Waals surface area contributed by atoms with Gasteiger partial charge in [-0.15, -0.1) is 0 Å². The van der Waals surface area contributed by atoms with E-state index in [4.69, 9.17) is 0 Å². The van der Waals surface area contributed by atoms with Crippen molar-refractivity contribution in [1.29, 1.82) is 0 Å². The van der Waals surface area contributed by atoms with Crippen LogP contribution in [0.25, 0.3) is 10.9 Å². The van der Waals surface area contributed by atoms with Gasteiger partial charge in [0.1, 0.15) is 5.75 Å². The van der Waals surface area contributed by atoms with Crippen LogP contribution in [0.2, 0.25) is 0 Å². The highest BCUT2D eigenvalue weighted by molar-refractivity contribution is 5.81. The molecule has 0 spiro atoms. The molecule has 24 heavy (non-hydrogen) atoms. The number of phenolic OH excluding ortho intramolecular Hbond substituents is 1. The standard InChI is InChI=1S/C19H22N4O/c24-18-5-1-3-14(9-18)12-23-8-2-4-17(13-23)21-16-6-7-19-15(10-16)11-20-22-19/h1,3,5-7,9-11,17,21,24H,2,4,8,12-13H2,(H,20,22)/t17-/m0/s1. The minimum absolute atomic E-state index is 0.340. The van der Waals surface area contributed by atoms with Crippen molar-refractivity contribution in [2.75, 3.05) is 18.4 Å². The van der Waals surface area contributed by atoms with Gasteiger partial charge in [0.25, 0.3) is 0 Å². The molecule has 2 aromatic carbocycles. The Hall–Kier alpha value is -2.53. The van der Waals surface area contributed by atoms with Gasteiger partial charge in [-0.3, -0.25) is 10.00 Å². The maximum Gasteiger partial charge on any atom is 0.115 e. The number of rotatable bonds is 4. The van der Waals surface area contributed by atoms with Crippen molar-refractivity contribution in [2.45, 2.75) is 25.4 Å². The zero-order valence-corrected chi connectivity index (χ0v) is 13.6. The highest BCUT2D eigenvalue weighted by Crippen LogP contribution is 2.21. The van der Waals surface area contributed by atoms with Crippen molar-refractivity contribution >= 4 is 16.6 Å². The van der Waals surface area contributed by atoms with Gasteiger partial charge >= 0.3 is 0 Å². The van der Waals surface area contributed by atoms with Crippen LogP contribution in [-0.2, 0) is 6.54 Å². The lowest BCUT2D eigenvalue weighted by Crippen LogP contribution is -2.41. The first-order valence-electron chi connectivity index (χ1n) is 8.46. The van der Waals surface area contributed by atoms with Crippen LogP contribution in [0.15, 0.2) is 48.7 Å². The Morgan fingerprint density at radius 1 is 1.25 bits per heavy atom. The zero-order chi connectivity index (χ0) is 16.4. The van der Waals surface area contributed by atoms with E-state index in [0.29, 0.717) is 11.8 Å². The fraction of sp³-hybridized carbons (Fsp3) is 0.316. The van der Waals surface area contributed by atoms with Gasteiger partial charge in [-0.1, -0.05) is 12.1 Å². The van der Waals surface area contributed by atoms with Crippen molar-refractivity contribution < 1.29 is 5.11 Å². The Balaban J connectivity index is 1.40. The molecular weight excluding hydrogens is 300 g/mol. The van der Waals surface area contributed by atoms with Crippen LogP contribution in [0.3, 0.4) is 0 Å². The number of H-pyrrole nitrogens is 1. The van der Waals surface area contributed by atoms with E-state index in [1.54, 1.807) is 6.07 Å². The van der Waals surface area contributed by atoms with Crippen molar-refractivity contribution in [2.24, 2.45) is 0 Å². The monoisotopic (exact) mass is 322 g/mol. The molecule has 1 aliphatic rings. The van der Waals surface area contributed by atoms with Gasteiger partial charge in [-0.2, -0.15) is 5.10 Å². The second-order valence-corrected chi connectivity index (χ2v) is 6.56. The third-order valence-electron chi connectivity index (χ3n) is 4.63. The molecule has 1 atom stereocenters. The van der Waals surface area contributed by atoms with Crippen LogP contribution in [-0.4, -0.2) is 39.3 Å². The van der Waals surface area contributed by atoms with E-state index in [1.165, 1.54) is 12.8 Å². The molecule has 5 heteroatoms. The molecule has 1 saturated heterocycles. The van der Waals surface area contributed by atoms with Gasteiger partial charge in [0.05, 0.1) is 11.7 Å². The number of fused-ring (bicyclic) bond motifs is 1. The van der Waals surface area contributed by atoms with E-state index in [0.717, 1.165) is 41.8 Å². The molecular formula is C19H22N4O. The molecule has 0 radical (unpaired) electrons. The molecule has 124 valence electrons. The molecule has 1 aliphatic heterocycles. The van der Waals surface area contributed by atoms with Gasteiger partial charge in [-0.25, -0.2) is 0 Å². The second-order valence-electron chi connectivity index (χ2n) is 6.56. The average molecular weight is 322 g/mol. The summed E-state index contributed by atoms with van der Waals surface area (Å²) < 4.78 is 0. The van der Waals surface area contributed by atoms with Crippen molar-refractivity contribution in [3.63, 3.8) is 0 Å². The third kappa shape index (κ3) is 3.36. The first kappa shape index (κ1) is 15.0. The smallest absolute Gasteiger partial charge is 0.115 e. The number of hydrogen-bond donors (Lipinski definition) is 3. The molecule has 0 unspecified atom stereocenters. The summed E-state index contributed by atoms with van der Waals surface area (Å²) in [6.07, 6.45) is 4.22. The Kier molecular flexibility index (Phi) is 4.09. The number of aromatic amines is 1. The Bertz CT molecular complexity index is 829. The largest absolute Gasteiger partial charge is 0.508 e. The molecule has 1 aromatic heterocycles. The van der Waals surface area contributed by atoms with E-state index in [1.807, 2.05) is 18.3 Å². The fourth-order valence-corrected chi connectivity index (χ4v) is 3.50. The topological polar surface area (TPSA) is 64.2 Å². The number of aromatic hydroxyl groups is 1. The number of phenols is 1. The zero-order valence-electron chi connectivity index (χ0n) is 13.6. The van der Waals surface area contributed by atoms with E-state index in [2.05, 4.69) is 44.7 Å². The minimum Gasteiger partial charge on any atom is -0.508 e. The number of likely N-dealkylation sites (tertiary alicyclic amines) is 1. The molecule has 0 amide bonds. The maximum absolute atomic E-state index is 9.62. The quantitative estimate of drug-likeness (QED) is 0.689. The highest BCUT2D eigenvalue weighted by Gasteiger charge is 2.20. The number of nitrogens with one attached hydrogen (secondary N) is 2. The lowest BCUT2D eigenvalue weighted by molar-refractivity contribution is 0.208. The first-order chi connectivity index (χ1) is 11.8. The number of anilines is 1. The van der Waals surface area contributed by atoms with Crippen LogP contribution in [0.5, 0.6) is 5.75 Å². The summed E-state index contributed by atoms with van der Waals surface area (Å²) in [6.45, 7) is 3.00. The summed E-state index contributed by atoms with van der Waals surface area (Å²) >= 11 is 0. The third-order valence-corrected chi connectivity index (χ3v) is 4.63. The summed E-state index contributed by atoms with van der Waals surface area (Å²) in [5, 5.41) is 21.5. The maximum atomic E-state index is 9.62. The molecule has 0 saturated carbocycles. The van der Waals surface area contributed by atoms with Gasteiger partial charge in [0.15, 0.2) is 0 Å². The van der Waals surface area contributed by atoms with Gasteiger partial charge < -0.3 is 10.4 Å². The molecule has 5 nitrogen and oxygen atoms in total. The molecule has 0 aliphatic carbocycles. The van der Waals surface area contributed by atoms with Gasteiger partial charge in [0, 0.05) is 30.2 Å². The highest BCUT2D eigenvalue weighted by atomic mass is 16.3. The van der Waals surface area contributed by atoms with E-state index >= 15 is 0 Å². The van der Waals surface area contributed by atoms with Crippen LogP contribution < -0.4 is 5.32 Å². The van der Waals surface area contributed by atoms with Gasteiger partial charge in [0.2, 0.25) is 0 Å². The summed E-state index contributed by atoms with van der Waals surface area (Å²) in [5.74, 6) is 0.340. The molecule has 0 bridgehead atoms. The molecule has 3 N–H and O–H groups in total. The molecule has 3 aromatic rings. The van der Waals surface area contributed by atoms with Crippen molar-refractivity contribution in [3.05, 3.63) is 54.2 Å². The average Bonchev–Trinajstić information content (AvgIpc) is 3.03. The molecule has 4 rings (SSSR count). The van der Waals surface area contributed by atoms with Gasteiger partial charge in [-0.05, 0) is 55.3 Å². The first-order valence-corrected chi connectivity index (χ1v) is 8.46. The van der Waals surface area contributed by atoms with Crippen LogP contribution >= 0.6 is 0 Å². The Labute approximate surface area is 141 Å². The summed E-state index contributed by atoms with van der Waals surface area (Å²) in [5.41, 5.74) is 3.37. The summed E-state index contributed by atoms with van der Waals surface area (Å²) in [4.78, 5) is 2.45. The number of aromatic nitrogens is 2. The van der Waals surface area contributed by atoms with Crippen molar-refractivity contribution in [1.82, 2.24) is 15.1 Å². The molecule has 2 heterocycles. The summed E-state index contributed by atoms with van der Waals surface area (Å²) in [6, 6.07) is 14.3. The van der Waals surface area contributed by atoms with Crippen LogP contribution in [0, 0.1) is 0 Å². The summed E-state index contributed by atoms with van der Waals surface area (Å²) in [7, 11) is 0. The normalized spacial score (nSPS) is 18.8. The SMILES string of the molecule is Oc1cccc(CN2CCC[C@H](Nc3ccc4[nH]ncc4c3)C2)c1. The van der Waals surface area contributed by atoms with E-state index in [-0.39, 0.29) is 0 Å². The minimum atomic E-state index is 0.340. The second kappa shape index (κ2) is 6.53. The fourth-order valence-electron chi connectivity index (χ4n) is 3.50. The predicted molar refractivity (Wildman–Crippen MR) is 96.1 cm³/mol. The lowest BCUT2D eigenvalue weighted by Gasteiger charge is -2.33. The predicted octanol–water partition coefficient (Wildman–Crippen LogP) is 3.35.